The van der Waals surface area contributed by atoms with Gasteiger partial charge in [0, 0.05) is 50.8 Å². The van der Waals surface area contributed by atoms with Gasteiger partial charge in [0.15, 0.2) is 5.13 Å². The number of nitrogens with zero attached hydrogens (tertiary/aromatic N) is 4. The van der Waals surface area contributed by atoms with E-state index in [1.807, 2.05) is 72.2 Å². The number of piperazine rings is 1. The van der Waals surface area contributed by atoms with Crippen LogP contribution in [-0.2, 0) is 4.79 Å². The van der Waals surface area contributed by atoms with Crippen LogP contribution in [0.2, 0.25) is 0 Å². The molecule has 1 aromatic heterocycles. The van der Waals surface area contributed by atoms with E-state index in [0.29, 0.717) is 13.1 Å². The molecular weight excluding hydrogens is 432 g/mol. The lowest BCUT2D eigenvalue weighted by molar-refractivity contribution is -0.135. The molecule has 1 amide bonds. The number of aliphatic hydroxyl groups is 1. The number of β-amino-alcohol motifs (C(OH)–C–C–N with tert-alkyl or cyclic N) is 1. The molecule has 6 nitrogen and oxygen atoms in total. The summed E-state index contributed by atoms with van der Waals surface area (Å²) in [4.78, 5) is 25.3. The van der Waals surface area contributed by atoms with Crippen LogP contribution >= 0.6 is 11.3 Å². The molecule has 2 atom stereocenters. The molecule has 2 aliphatic heterocycles. The van der Waals surface area contributed by atoms with Gasteiger partial charge >= 0.3 is 0 Å². The number of aromatic nitrogens is 1. The maximum atomic E-state index is 14.2. The monoisotopic (exact) mass is 462 g/mol. The second kappa shape index (κ2) is 10.0. The van der Waals surface area contributed by atoms with Crippen molar-refractivity contribution in [3.63, 3.8) is 0 Å². The Morgan fingerprint density at radius 2 is 1.70 bits per heavy atom. The van der Waals surface area contributed by atoms with E-state index < -0.39 is 0 Å². The van der Waals surface area contributed by atoms with Crippen molar-refractivity contribution in [1.82, 2.24) is 14.8 Å². The van der Waals surface area contributed by atoms with Crippen LogP contribution in [0.1, 0.15) is 23.5 Å². The first-order valence-corrected chi connectivity index (χ1v) is 12.5. The molecule has 1 N–H and O–H groups in total. The molecule has 3 aromatic rings. The first-order valence-electron chi connectivity index (χ1n) is 11.6. The van der Waals surface area contributed by atoms with Crippen molar-refractivity contribution in [1.29, 1.82) is 0 Å². The highest BCUT2D eigenvalue weighted by atomic mass is 32.1. The van der Waals surface area contributed by atoms with Crippen molar-refractivity contribution >= 4 is 22.4 Å². The fourth-order valence-electron chi connectivity index (χ4n) is 5.06. The zero-order valence-electron chi connectivity index (χ0n) is 18.7. The number of thiazole rings is 1. The van der Waals surface area contributed by atoms with Crippen molar-refractivity contribution in [2.75, 3.05) is 44.2 Å². The zero-order chi connectivity index (χ0) is 22.6. The molecule has 3 heterocycles. The van der Waals surface area contributed by atoms with Crippen LogP contribution in [0, 0.1) is 0 Å². The summed E-state index contributed by atoms with van der Waals surface area (Å²) in [6, 6.07) is 20.2. The van der Waals surface area contributed by atoms with E-state index in [1.165, 1.54) is 0 Å². The maximum absolute atomic E-state index is 14.2. The molecule has 7 heteroatoms. The van der Waals surface area contributed by atoms with Crippen LogP contribution in [0.3, 0.4) is 0 Å². The van der Waals surface area contributed by atoms with E-state index in [4.69, 9.17) is 0 Å². The average Bonchev–Trinajstić information content (AvgIpc) is 3.53. The molecule has 33 heavy (non-hydrogen) atoms. The van der Waals surface area contributed by atoms with Crippen LogP contribution < -0.4 is 4.90 Å². The molecule has 0 aliphatic carbocycles. The molecule has 0 spiro atoms. The Kier molecular flexibility index (Phi) is 6.71. The Morgan fingerprint density at radius 3 is 2.27 bits per heavy atom. The van der Waals surface area contributed by atoms with E-state index in [1.54, 1.807) is 11.3 Å². The van der Waals surface area contributed by atoms with E-state index in [2.05, 4.69) is 19.7 Å². The summed E-state index contributed by atoms with van der Waals surface area (Å²) in [6.07, 6.45) is 2.37. The number of hydrogen-bond donors (Lipinski definition) is 1. The first kappa shape index (κ1) is 22.1. The molecule has 2 fully saturated rings. The molecule has 0 saturated carbocycles. The summed E-state index contributed by atoms with van der Waals surface area (Å²) < 4.78 is 0. The van der Waals surface area contributed by atoms with Gasteiger partial charge in [0.1, 0.15) is 0 Å². The number of rotatable bonds is 6. The number of anilines is 1. The Labute approximate surface area is 199 Å². The van der Waals surface area contributed by atoms with Gasteiger partial charge in [-0.1, -0.05) is 60.7 Å². The van der Waals surface area contributed by atoms with Crippen LogP contribution in [-0.4, -0.2) is 77.2 Å². The fraction of sp³-hybridized carbons (Fsp3) is 0.385. The normalized spacial score (nSPS) is 21.6. The third-order valence-electron chi connectivity index (χ3n) is 6.68. The Bertz CT molecular complexity index is 991. The predicted molar refractivity (Wildman–Crippen MR) is 132 cm³/mol. The minimum atomic E-state index is -0.328. The van der Waals surface area contributed by atoms with Gasteiger partial charge in [-0.05, 0) is 17.5 Å². The average molecular weight is 463 g/mol. The van der Waals surface area contributed by atoms with Crippen molar-refractivity contribution in [2.24, 2.45) is 0 Å². The topological polar surface area (TPSA) is 59.9 Å². The molecule has 2 unspecified atom stereocenters. The molecule has 0 radical (unpaired) electrons. The van der Waals surface area contributed by atoms with E-state index in [0.717, 1.165) is 48.9 Å². The van der Waals surface area contributed by atoms with Gasteiger partial charge in [0.2, 0.25) is 5.91 Å². The number of carbonyl (C=O) groups is 1. The standard InChI is InChI=1S/C26H30N4O2S/c31-23-11-13-28(19-23)17-22-18-29(26-27-12-16-33-26)14-15-30(22)25(32)24(20-7-3-1-4-8-20)21-9-5-2-6-10-21/h1-10,12,16,22-24,31H,11,13-15,17-19H2. The summed E-state index contributed by atoms with van der Waals surface area (Å²) in [5.41, 5.74) is 2.04. The zero-order valence-corrected chi connectivity index (χ0v) is 19.5. The summed E-state index contributed by atoms with van der Waals surface area (Å²) >= 11 is 1.64. The SMILES string of the molecule is O=C(C(c1ccccc1)c1ccccc1)N1CCN(c2nccs2)CC1CN1CCC(O)C1. The van der Waals surface area contributed by atoms with Gasteiger partial charge in [0.25, 0.3) is 0 Å². The van der Waals surface area contributed by atoms with E-state index >= 15 is 0 Å². The summed E-state index contributed by atoms with van der Waals surface area (Å²) in [6.45, 7) is 4.50. The summed E-state index contributed by atoms with van der Waals surface area (Å²) in [5, 5.41) is 13.1. The highest BCUT2D eigenvalue weighted by molar-refractivity contribution is 7.13. The number of hydrogen-bond acceptors (Lipinski definition) is 6. The fourth-order valence-corrected chi connectivity index (χ4v) is 5.74. The summed E-state index contributed by atoms with van der Waals surface area (Å²) in [7, 11) is 0. The molecule has 0 bridgehead atoms. The lowest BCUT2D eigenvalue weighted by Crippen LogP contribution is -2.59. The van der Waals surface area contributed by atoms with Crippen molar-refractivity contribution in [3.8, 4) is 0 Å². The highest BCUT2D eigenvalue weighted by Crippen LogP contribution is 2.30. The minimum Gasteiger partial charge on any atom is -0.392 e. The van der Waals surface area contributed by atoms with Crippen LogP contribution in [0.25, 0.3) is 0 Å². The summed E-state index contributed by atoms with van der Waals surface area (Å²) in [5.74, 6) is -0.179. The van der Waals surface area contributed by atoms with Gasteiger partial charge in [-0.25, -0.2) is 4.98 Å². The quantitative estimate of drug-likeness (QED) is 0.610. The lowest BCUT2D eigenvalue weighted by atomic mass is 9.89. The molecule has 5 rings (SSSR count). The molecule has 2 saturated heterocycles. The first-order chi connectivity index (χ1) is 16.2. The molecule has 2 aliphatic rings. The van der Waals surface area contributed by atoms with Gasteiger partial charge in [-0.2, -0.15) is 0 Å². The van der Waals surface area contributed by atoms with E-state index in [-0.39, 0.29) is 24.0 Å². The van der Waals surface area contributed by atoms with Crippen LogP contribution in [0.5, 0.6) is 0 Å². The third-order valence-corrected chi connectivity index (χ3v) is 7.52. The minimum absolute atomic E-state index is 0.0374. The van der Waals surface area contributed by atoms with Crippen molar-refractivity contribution in [2.45, 2.75) is 24.5 Å². The number of likely N-dealkylation sites (tertiary alicyclic amines) is 1. The Morgan fingerprint density at radius 1 is 1.00 bits per heavy atom. The smallest absolute Gasteiger partial charge is 0.234 e. The maximum Gasteiger partial charge on any atom is 0.234 e. The third kappa shape index (κ3) is 4.95. The van der Waals surface area contributed by atoms with Gasteiger partial charge in [-0.15, -0.1) is 11.3 Å². The largest absolute Gasteiger partial charge is 0.392 e. The van der Waals surface area contributed by atoms with Gasteiger partial charge < -0.3 is 14.9 Å². The predicted octanol–water partition coefficient (Wildman–Crippen LogP) is 3.06. The van der Waals surface area contributed by atoms with Crippen molar-refractivity contribution in [3.05, 3.63) is 83.4 Å². The second-order valence-corrected chi connectivity index (χ2v) is 9.78. The van der Waals surface area contributed by atoms with Gasteiger partial charge in [0.05, 0.1) is 18.1 Å². The number of aliphatic hydroxyl groups excluding tert-OH is 1. The second-order valence-electron chi connectivity index (χ2n) is 8.90. The highest BCUT2D eigenvalue weighted by Gasteiger charge is 2.37. The van der Waals surface area contributed by atoms with Crippen LogP contribution in [0.15, 0.2) is 72.2 Å². The molecule has 172 valence electrons. The Hall–Kier alpha value is -2.74. The van der Waals surface area contributed by atoms with Crippen LogP contribution in [0.4, 0.5) is 5.13 Å². The number of benzene rings is 2. The van der Waals surface area contributed by atoms with Gasteiger partial charge in [-0.3, -0.25) is 9.69 Å². The molecular formula is C26H30N4O2S. The molecule has 2 aromatic carbocycles. The Balaban J connectivity index is 1.44. The lowest BCUT2D eigenvalue weighted by Gasteiger charge is -2.44. The van der Waals surface area contributed by atoms with Crippen molar-refractivity contribution < 1.29 is 9.90 Å². The number of amides is 1. The van der Waals surface area contributed by atoms with E-state index in [9.17, 15) is 9.90 Å². The number of carbonyl (C=O) groups excluding carboxylic acids is 1.